The van der Waals surface area contributed by atoms with Gasteiger partial charge in [0.15, 0.2) is 5.78 Å². The summed E-state index contributed by atoms with van der Waals surface area (Å²) >= 11 is 1.88. The van der Waals surface area contributed by atoms with Crippen molar-refractivity contribution in [3.05, 3.63) is 84.3 Å². The molecule has 6 heteroatoms. The van der Waals surface area contributed by atoms with Gasteiger partial charge < -0.3 is 5.11 Å². The predicted molar refractivity (Wildman–Crippen MR) is 204 cm³/mol. The Kier molecular flexibility index (Phi) is 11.9. The molecule has 0 spiro atoms. The maximum atomic E-state index is 11.8. The molecule has 0 saturated carbocycles. The molecule has 2 heterocycles. The number of thiophene rings is 1. The van der Waals surface area contributed by atoms with Gasteiger partial charge in [-0.05, 0) is 41.2 Å². The number of allylic oxidation sites excluding steroid dienone is 2. The van der Waals surface area contributed by atoms with Crippen LogP contribution in [0.4, 0.5) is 0 Å². The van der Waals surface area contributed by atoms with E-state index in [2.05, 4.69) is 101 Å². The van der Waals surface area contributed by atoms with E-state index in [0.29, 0.717) is 0 Å². The first-order chi connectivity index (χ1) is 21.3. The van der Waals surface area contributed by atoms with E-state index in [4.69, 9.17) is 4.98 Å². The summed E-state index contributed by atoms with van der Waals surface area (Å²) in [6.45, 7) is 25.7. The third kappa shape index (κ3) is 8.51. The molecular formula is C41H52IrNO2SSi-. The monoisotopic (exact) mass is 843 g/mol. The SMILES string of the molecule is CC(C)(C)c1cc(-c2nccc3sc4cc([Si](C)(C)C)ccc4c23)[c-]c2ccccc12.CCC(C)(C)C(=O)/C=C(\O)C(C)(C)CC.[Ir]. The van der Waals surface area contributed by atoms with Crippen LogP contribution in [-0.4, -0.2) is 23.9 Å². The Morgan fingerprint density at radius 1 is 0.872 bits per heavy atom. The van der Waals surface area contributed by atoms with Gasteiger partial charge >= 0.3 is 0 Å². The average Bonchev–Trinajstić information content (AvgIpc) is 3.38. The van der Waals surface area contributed by atoms with Gasteiger partial charge in [-0.2, -0.15) is 0 Å². The van der Waals surface area contributed by atoms with Gasteiger partial charge in [-0.25, -0.2) is 0 Å². The van der Waals surface area contributed by atoms with E-state index in [0.717, 1.165) is 29.5 Å². The van der Waals surface area contributed by atoms with Crippen LogP contribution in [0, 0.1) is 16.9 Å². The molecule has 0 aliphatic heterocycles. The van der Waals surface area contributed by atoms with Crippen LogP contribution in [0.15, 0.2) is 72.6 Å². The summed E-state index contributed by atoms with van der Waals surface area (Å²) in [7, 11) is -1.35. The van der Waals surface area contributed by atoms with Gasteiger partial charge in [0, 0.05) is 58.3 Å². The first-order valence-electron chi connectivity index (χ1n) is 16.5. The molecule has 0 unspecified atom stereocenters. The molecule has 0 amide bonds. The predicted octanol–water partition coefficient (Wildman–Crippen LogP) is 11.8. The van der Waals surface area contributed by atoms with Crippen LogP contribution in [-0.2, 0) is 30.3 Å². The zero-order valence-corrected chi connectivity index (χ0v) is 34.5. The van der Waals surface area contributed by atoms with E-state index in [1.165, 1.54) is 42.4 Å². The van der Waals surface area contributed by atoms with E-state index in [1.54, 1.807) is 0 Å². The maximum absolute atomic E-state index is 11.8. The molecular weight excluding hydrogens is 791 g/mol. The van der Waals surface area contributed by atoms with Crippen LogP contribution in [0.25, 0.3) is 42.2 Å². The van der Waals surface area contributed by atoms with E-state index in [1.807, 2.05) is 59.1 Å². The quantitative estimate of drug-likeness (QED) is 0.0768. The van der Waals surface area contributed by atoms with Crippen molar-refractivity contribution in [2.45, 2.75) is 100 Å². The molecule has 0 fully saturated rings. The zero-order chi connectivity index (χ0) is 34.2. The van der Waals surface area contributed by atoms with Crippen LogP contribution in [0.5, 0.6) is 0 Å². The number of aromatic nitrogens is 1. The van der Waals surface area contributed by atoms with Crippen molar-refractivity contribution in [1.82, 2.24) is 4.98 Å². The molecule has 253 valence electrons. The third-order valence-corrected chi connectivity index (χ3v) is 12.6. The number of ketones is 1. The molecule has 0 aliphatic carbocycles. The minimum atomic E-state index is -1.35. The van der Waals surface area contributed by atoms with Crippen LogP contribution in [0.2, 0.25) is 19.6 Å². The molecule has 5 rings (SSSR count). The van der Waals surface area contributed by atoms with E-state index in [-0.39, 0.29) is 47.9 Å². The Hall–Kier alpha value is -2.63. The number of aliphatic hydroxyl groups excluding tert-OH is 1. The second-order valence-electron chi connectivity index (χ2n) is 15.9. The second kappa shape index (κ2) is 14.5. The number of hydrogen-bond acceptors (Lipinski definition) is 4. The van der Waals surface area contributed by atoms with Gasteiger partial charge in [-0.15, -0.1) is 40.5 Å². The van der Waals surface area contributed by atoms with E-state index >= 15 is 0 Å². The van der Waals surface area contributed by atoms with Crippen molar-refractivity contribution in [3.8, 4) is 11.3 Å². The number of hydrogen-bond donors (Lipinski definition) is 1. The Morgan fingerprint density at radius 2 is 1.51 bits per heavy atom. The third-order valence-electron chi connectivity index (χ3n) is 9.48. The van der Waals surface area contributed by atoms with Crippen LogP contribution in [0.1, 0.15) is 80.7 Å². The summed E-state index contributed by atoms with van der Waals surface area (Å²) in [6, 6.07) is 23.8. The first-order valence-corrected chi connectivity index (χ1v) is 20.8. The van der Waals surface area contributed by atoms with Gasteiger partial charge in [-0.1, -0.05) is 128 Å². The maximum Gasteiger partial charge on any atom is 0.164 e. The van der Waals surface area contributed by atoms with Crippen molar-refractivity contribution in [3.63, 3.8) is 0 Å². The van der Waals surface area contributed by atoms with Crippen molar-refractivity contribution in [2.75, 3.05) is 0 Å². The van der Waals surface area contributed by atoms with Gasteiger partial charge in [-0.3, -0.25) is 9.78 Å². The molecule has 0 bridgehead atoms. The molecule has 0 atom stereocenters. The summed E-state index contributed by atoms with van der Waals surface area (Å²) in [6.07, 6.45) is 4.94. The number of aliphatic hydroxyl groups is 1. The molecule has 0 saturated heterocycles. The topological polar surface area (TPSA) is 50.2 Å². The summed E-state index contributed by atoms with van der Waals surface area (Å²) < 4.78 is 2.66. The molecule has 3 nitrogen and oxygen atoms in total. The number of nitrogens with zero attached hydrogens (tertiary/aromatic N) is 1. The van der Waals surface area contributed by atoms with Gasteiger partial charge in [0.05, 0.1) is 8.07 Å². The standard InChI is InChI=1S/C28H28NSSi.C13H24O2.Ir/c1-28(2,3)23-16-19(15-18-9-7-8-10-21(18)23)27-26-22-12-11-20(31(4,5)6)17-25(22)30-24(26)13-14-29-27;1-7-12(3,4)10(14)9-11(15)13(5,6)8-2;/h7-14,16-17H,1-6H3;9,14H,7-8H2,1-6H3;/q-1;;/b;10-9-;. The smallest absolute Gasteiger partial charge is 0.164 e. The minimum absolute atomic E-state index is 0. The Bertz CT molecular complexity index is 1920. The number of rotatable bonds is 7. The molecule has 3 aromatic carbocycles. The second-order valence-corrected chi connectivity index (χ2v) is 22.0. The Balaban J connectivity index is 0.000000322. The number of carbonyl (C=O) groups is 1. The summed E-state index contributed by atoms with van der Waals surface area (Å²) in [4.78, 5) is 16.7. The van der Waals surface area contributed by atoms with Crippen LogP contribution >= 0.6 is 11.3 Å². The van der Waals surface area contributed by atoms with Crippen LogP contribution in [0.3, 0.4) is 0 Å². The zero-order valence-electron chi connectivity index (χ0n) is 30.3. The van der Waals surface area contributed by atoms with Gasteiger partial charge in [0.25, 0.3) is 0 Å². The fourth-order valence-electron chi connectivity index (χ4n) is 5.24. The Labute approximate surface area is 301 Å². The van der Waals surface area contributed by atoms with Crippen LogP contribution < -0.4 is 5.19 Å². The Morgan fingerprint density at radius 3 is 2.11 bits per heavy atom. The molecule has 5 aromatic rings. The fraction of sp³-hybridized carbons (Fsp3) is 0.415. The minimum Gasteiger partial charge on any atom is -0.512 e. The largest absolute Gasteiger partial charge is 0.512 e. The van der Waals surface area contributed by atoms with Crippen molar-refractivity contribution < 1.29 is 30.0 Å². The van der Waals surface area contributed by atoms with Gasteiger partial charge in [0.2, 0.25) is 0 Å². The first kappa shape index (κ1) is 38.8. The average molecular weight is 843 g/mol. The van der Waals surface area contributed by atoms with Crippen molar-refractivity contribution in [2.24, 2.45) is 10.8 Å². The molecule has 1 radical (unpaired) electrons. The molecule has 1 N–H and O–H groups in total. The summed E-state index contributed by atoms with van der Waals surface area (Å²) in [5.74, 6) is 0.195. The number of fused-ring (bicyclic) bond motifs is 4. The van der Waals surface area contributed by atoms with Gasteiger partial charge in [0.1, 0.15) is 5.76 Å². The molecule has 2 aromatic heterocycles. The fourth-order valence-corrected chi connectivity index (χ4v) is 7.65. The normalized spacial score (nSPS) is 13.0. The van der Waals surface area contributed by atoms with Crippen molar-refractivity contribution >= 4 is 61.3 Å². The molecule has 0 aliphatic rings. The summed E-state index contributed by atoms with van der Waals surface area (Å²) in [5, 5.41) is 16.4. The number of carbonyl (C=O) groups excluding carboxylic acids is 1. The van der Waals surface area contributed by atoms with E-state index in [9.17, 15) is 9.90 Å². The van der Waals surface area contributed by atoms with E-state index < -0.39 is 8.07 Å². The summed E-state index contributed by atoms with van der Waals surface area (Å²) in [5.41, 5.74) is 2.83. The van der Waals surface area contributed by atoms with Crippen molar-refractivity contribution in [1.29, 1.82) is 0 Å². The number of benzene rings is 3. The number of pyridine rings is 1. The molecule has 47 heavy (non-hydrogen) atoms.